The van der Waals surface area contributed by atoms with Crippen LogP contribution in [0.5, 0.6) is 5.88 Å². The van der Waals surface area contributed by atoms with E-state index < -0.39 is 0 Å². The highest BCUT2D eigenvalue weighted by molar-refractivity contribution is 5.67. The van der Waals surface area contributed by atoms with Crippen molar-refractivity contribution in [2.24, 2.45) is 0 Å². The van der Waals surface area contributed by atoms with E-state index in [1.807, 2.05) is 24.4 Å². The Hall–Kier alpha value is -3.06. The van der Waals surface area contributed by atoms with Gasteiger partial charge in [-0.1, -0.05) is 42.8 Å². The minimum absolute atomic E-state index is 0.602. The molecule has 0 aliphatic rings. The largest absolute Gasteiger partial charge is 0.477 e. The minimum atomic E-state index is 0.602. The molecule has 2 aromatic carbocycles. The highest BCUT2D eigenvalue weighted by Gasteiger charge is 2.16. The van der Waals surface area contributed by atoms with Crippen LogP contribution < -0.4 is 4.74 Å². The topological polar surface area (TPSA) is 31.4 Å². The van der Waals surface area contributed by atoms with Crippen LogP contribution in [0.1, 0.15) is 30.0 Å². The van der Waals surface area contributed by atoms with E-state index >= 15 is 0 Å². The average molecular weight is 345 g/mol. The van der Waals surface area contributed by atoms with Gasteiger partial charge >= 0.3 is 0 Å². The van der Waals surface area contributed by atoms with Crippen LogP contribution in [0, 0.1) is 27.3 Å². The van der Waals surface area contributed by atoms with Crippen molar-refractivity contribution < 1.29 is 4.74 Å². The summed E-state index contributed by atoms with van der Waals surface area (Å²) in [5.41, 5.74) is 6.23. The van der Waals surface area contributed by atoms with Gasteiger partial charge in [0.2, 0.25) is 5.88 Å². The van der Waals surface area contributed by atoms with Crippen LogP contribution in [0.25, 0.3) is 21.9 Å². The van der Waals surface area contributed by atoms with Gasteiger partial charge in [0.1, 0.15) is 5.82 Å². The number of benzene rings is 2. The quantitative estimate of drug-likeness (QED) is 0.547. The highest BCUT2D eigenvalue weighted by Crippen LogP contribution is 2.31. The molecule has 0 saturated heterocycles. The van der Waals surface area contributed by atoms with Gasteiger partial charge in [0.25, 0.3) is 0 Å². The number of ether oxygens (including phenoxy) is 1. The zero-order valence-corrected chi connectivity index (χ0v) is 15.7. The van der Waals surface area contributed by atoms with Crippen molar-refractivity contribution in [3.05, 3.63) is 70.7 Å². The number of rotatable bonds is 5. The lowest BCUT2D eigenvalue weighted by Crippen LogP contribution is -2.02. The predicted molar refractivity (Wildman–Crippen MR) is 105 cm³/mol. The highest BCUT2D eigenvalue weighted by atomic mass is 16.5. The fraction of sp³-hybridized carbons (Fsp3) is 0.273. The van der Waals surface area contributed by atoms with Crippen LogP contribution in [0.15, 0.2) is 42.6 Å². The third kappa shape index (κ3) is 3.48. The van der Waals surface area contributed by atoms with Crippen molar-refractivity contribution in [2.75, 3.05) is 6.61 Å². The summed E-state index contributed by atoms with van der Waals surface area (Å²) in [5, 5.41) is 0. The Morgan fingerprint density at radius 1 is 1.12 bits per heavy atom. The van der Waals surface area contributed by atoms with Gasteiger partial charge in [-0.2, -0.15) is 4.98 Å². The van der Waals surface area contributed by atoms with Crippen molar-refractivity contribution in [3.63, 3.8) is 0 Å². The van der Waals surface area contributed by atoms with Gasteiger partial charge in [-0.3, -0.25) is 4.57 Å². The second-order valence-corrected chi connectivity index (χ2v) is 6.53. The summed E-state index contributed by atoms with van der Waals surface area (Å²) in [7, 11) is 0. The molecule has 0 fully saturated rings. The molecule has 0 bridgehead atoms. The van der Waals surface area contributed by atoms with E-state index in [9.17, 15) is 0 Å². The smallest absolute Gasteiger partial charge is 0.232 e. The molecule has 0 radical (unpaired) electrons. The Labute approximate surface area is 154 Å². The number of imidazole rings is 1. The number of hydrogen-bond donors (Lipinski definition) is 0. The Bertz CT molecular complexity index is 956. The summed E-state index contributed by atoms with van der Waals surface area (Å²) < 4.78 is 7.87. The first kappa shape index (κ1) is 17.8. The van der Waals surface area contributed by atoms with Gasteiger partial charge in [-0.25, -0.2) is 4.85 Å². The van der Waals surface area contributed by atoms with Gasteiger partial charge in [0.15, 0.2) is 5.69 Å². The lowest BCUT2D eigenvalue weighted by molar-refractivity contribution is 0.307. The van der Waals surface area contributed by atoms with Crippen LogP contribution in [0.2, 0.25) is 0 Å². The lowest BCUT2D eigenvalue weighted by atomic mass is 10.0. The molecule has 0 N–H and O–H groups in total. The molecule has 0 atom stereocenters. The normalized spacial score (nSPS) is 10.6. The molecular formula is C22H23N3O. The van der Waals surface area contributed by atoms with Crippen LogP contribution in [0.3, 0.4) is 0 Å². The molecule has 3 rings (SSSR count). The van der Waals surface area contributed by atoms with Crippen molar-refractivity contribution in [3.8, 4) is 23.0 Å². The average Bonchev–Trinajstić information content (AvgIpc) is 3.03. The summed E-state index contributed by atoms with van der Waals surface area (Å²) in [5.74, 6) is 1.39. The molecule has 0 spiro atoms. The van der Waals surface area contributed by atoms with E-state index in [1.165, 1.54) is 16.7 Å². The molecule has 4 heteroatoms. The molecule has 0 aliphatic carbocycles. The third-order valence-electron chi connectivity index (χ3n) is 4.25. The first-order valence-electron chi connectivity index (χ1n) is 8.81. The van der Waals surface area contributed by atoms with Gasteiger partial charge in [-0.05, 0) is 44.4 Å². The SMILES string of the molecule is [C-]#[N+]c1cccc(-c2nc(OCCC)cn2-c2c(C)cc(C)cc2C)c1. The number of aromatic nitrogens is 2. The van der Waals surface area contributed by atoms with E-state index in [1.54, 1.807) is 6.07 Å². The molecule has 1 aromatic heterocycles. The number of nitrogens with zero attached hydrogens (tertiary/aromatic N) is 3. The molecule has 0 amide bonds. The summed E-state index contributed by atoms with van der Waals surface area (Å²) in [6, 6.07) is 11.9. The van der Waals surface area contributed by atoms with Crippen molar-refractivity contribution in [2.45, 2.75) is 34.1 Å². The number of aryl methyl sites for hydroxylation is 3. The maximum absolute atomic E-state index is 7.28. The monoisotopic (exact) mass is 345 g/mol. The Kier molecular flexibility index (Phi) is 5.09. The second kappa shape index (κ2) is 7.45. The standard InChI is InChI=1S/C22H23N3O/c1-6-10-26-20-14-25(21-16(3)11-15(2)12-17(21)4)22(24-20)18-8-7-9-19(13-18)23-5/h7-9,11-14H,6,10H2,1-4H3. The van der Waals surface area contributed by atoms with E-state index in [0.29, 0.717) is 18.2 Å². The fourth-order valence-electron chi connectivity index (χ4n) is 3.28. The van der Waals surface area contributed by atoms with Gasteiger partial charge in [-0.15, -0.1) is 0 Å². The van der Waals surface area contributed by atoms with Gasteiger partial charge in [0.05, 0.1) is 25.1 Å². The molecule has 0 saturated carbocycles. The molecule has 132 valence electrons. The van der Waals surface area contributed by atoms with E-state index in [4.69, 9.17) is 16.3 Å². The lowest BCUT2D eigenvalue weighted by Gasteiger charge is -2.15. The first-order chi connectivity index (χ1) is 12.5. The Morgan fingerprint density at radius 2 is 1.85 bits per heavy atom. The minimum Gasteiger partial charge on any atom is -0.477 e. The van der Waals surface area contributed by atoms with Crippen LogP contribution in [-0.4, -0.2) is 16.2 Å². The van der Waals surface area contributed by atoms with Crippen LogP contribution >= 0.6 is 0 Å². The fourth-order valence-corrected chi connectivity index (χ4v) is 3.28. The molecule has 1 heterocycles. The molecule has 4 nitrogen and oxygen atoms in total. The molecular weight excluding hydrogens is 322 g/mol. The summed E-state index contributed by atoms with van der Waals surface area (Å²) in [4.78, 5) is 8.26. The van der Waals surface area contributed by atoms with Crippen molar-refractivity contribution in [1.29, 1.82) is 0 Å². The van der Waals surface area contributed by atoms with Crippen LogP contribution in [0.4, 0.5) is 5.69 Å². The molecule has 0 unspecified atom stereocenters. The number of hydrogen-bond acceptors (Lipinski definition) is 2. The summed E-state index contributed by atoms with van der Waals surface area (Å²) in [6.45, 7) is 16.3. The maximum Gasteiger partial charge on any atom is 0.232 e. The van der Waals surface area contributed by atoms with Crippen molar-refractivity contribution >= 4 is 5.69 Å². The zero-order valence-electron chi connectivity index (χ0n) is 15.7. The summed E-state index contributed by atoms with van der Waals surface area (Å²) in [6.07, 6.45) is 2.87. The Morgan fingerprint density at radius 3 is 2.50 bits per heavy atom. The van der Waals surface area contributed by atoms with Gasteiger partial charge < -0.3 is 4.74 Å². The van der Waals surface area contributed by atoms with E-state index in [0.717, 1.165) is 23.5 Å². The third-order valence-corrected chi connectivity index (χ3v) is 4.25. The van der Waals surface area contributed by atoms with Gasteiger partial charge in [0, 0.05) is 5.56 Å². The predicted octanol–water partition coefficient (Wildman–Crippen LogP) is 5.80. The van der Waals surface area contributed by atoms with E-state index in [-0.39, 0.29) is 0 Å². The Balaban J connectivity index is 2.21. The maximum atomic E-state index is 7.28. The van der Waals surface area contributed by atoms with Crippen LogP contribution in [-0.2, 0) is 0 Å². The van der Waals surface area contributed by atoms with Crippen molar-refractivity contribution in [1.82, 2.24) is 9.55 Å². The molecule has 3 aromatic rings. The molecule has 26 heavy (non-hydrogen) atoms. The molecule has 0 aliphatic heterocycles. The zero-order chi connectivity index (χ0) is 18.7. The second-order valence-electron chi connectivity index (χ2n) is 6.53. The first-order valence-corrected chi connectivity index (χ1v) is 8.81. The van der Waals surface area contributed by atoms with E-state index in [2.05, 4.69) is 49.2 Å². The summed E-state index contributed by atoms with van der Waals surface area (Å²) >= 11 is 0.